The van der Waals surface area contributed by atoms with Gasteiger partial charge in [-0.1, -0.05) is 23.2 Å². The maximum absolute atomic E-state index is 6.06. The highest BCUT2D eigenvalue weighted by atomic mass is 127. The van der Waals surface area contributed by atoms with Gasteiger partial charge in [0, 0.05) is 13.2 Å². The number of pyridine rings is 1. The van der Waals surface area contributed by atoms with Crippen LogP contribution in [0.25, 0.3) is 5.82 Å². The van der Waals surface area contributed by atoms with Crippen LogP contribution in [0.5, 0.6) is 0 Å². The van der Waals surface area contributed by atoms with E-state index >= 15 is 0 Å². The normalized spacial score (nSPS) is 10.5. The Morgan fingerprint density at radius 1 is 1.38 bits per heavy atom. The molecule has 0 spiro atoms. The standard InChI is InChI=1S/C9H7Cl2IN4/c1-13-8-6(10)2-7(11)9(15-8)16-4-5(12)3-14-16/h2-4H,1H3,(H,13,15). The van der Waals surface area contributed by atoms with E-state index < -0.39 is 0 Å². The van der Waals surface area contributed by atoms with Gasteiger partial charge < -0.3 is 5.32 Å². The Hall–Kier alpha value is -0.530. The van der Waals surface area contributed by atoms with Crippen molar-refractivity contribution in [2.45, 2.75) is 0 Å². The lowest BCUT2D eigenvalue weighted by Crippen LogP contribution is -2.02. The van der Waals surface area contributed by atoms with E-state index in [1.165, 1.54) is 0 Å². The molecular formula is C9H7Cl2IN4. The van der Waals surface area contributed by atoms with Gasteiger partial charge in [0.25, 0.3) is 0 Å². The summed E-state index contributed by atoms with van der Waals surface area (Å²) >= 11 is 14.2. The molecule has 2 heterocycles. The maximum Gasteiger partial charge on any atom is 0.174 e. The van der Waals surface area contributed by atoms with Crippen molar-refractivity contribution < 1.29 is 0 Å². The van der Waals surface area contributed by atoms with E-state index in [4.69, 9.17) is 23.2 Å². The van der Waals surface area contributed by atoms with Crippen molar-refractivity contribution in [2.75, 3.05) is 12.4 Å². The van der Waals surface area contributed by atoms with Crippen LogP contribution in [-0.4, -0.2) is 21.8 Å². The predicted molar refractivity (Wildman–Crippen MR) is 73.6 cm³/mol. The summed E-state index contributed by atoms with van der Waals surface area (Å²) in [6.07, 6.45) is 3.56. The molecule has 84 valence electrons. The molecule has 0 aromatic carbocycles. The first kappa shape index (κ1) is 11.9. The highest BCUT2D eigenvalue weighted by Crippen LogP contribution is 2.27. The second-order valence-electron chi connectivity index (χ2n) is 2.98. The molecule has 0 aliphatic heterocycles. The number of aromatic nitrogens is 3. The van der Waals surface area contributed by atoms with Gasteiger partial charge in [0.05, 0.1) is 19.8 Å². The second-order valence-corrected chi connectivity index (χ2v) is 5.04. The van der Waals surface area contributed by atoms with Gasteiger partial charge in [-0.2, -0.15) is 5.10 Å². The number of hydrogen-bond acceptors (Lipinski definition) is 3. The first-order valence-corrected chi connectivity index (χ1v) is 6.19. The summed E-state index contributed by atoms with van der Waals surface area (Å²) in [5, 5.41) is 7.98. The van der Waals surface area contributed by atoms with Crippen LogP contribution in [-0.2, 0) is 0 Å². The van der Waals surface area contributed by atoms with Crippen molar-refractivity contribution in [3.05, 3.63) is 32.1 Å². The van der Waals surface area contributed by atoms with Gasteiger partial charge in [-0.05, 0) is 28.7 Å². The molecule has 0 aliphatic carbocycles. The molecule has 0 fully saturated rings. The van der Waals surface area contributed by atoms with Crippen molar-refractivity contribution in [1.82, 2.24) is 14.8 Å². The Kier molecular flexibility index (Phi) is 3.56. The van der Waals surface area contributed by atoms with E-state index in [-0.39, 0.29) is 0 Å². The summed E-state index contributed by atoms with van der Waals surface area (Å²) in [4.78, 5) is 4.30. The Morgan fingerprint density at radius 2 is 2.12 bits per heavy atom. The number of nitrogens with one attached hydrogen (secondary N) is 1. The smallest absolute Gasteiger partial charge is 0.174 e. The lowest BCUT2D eigenvalue weighted by atomic mass is 10.4. The topological polar surface area (TPSA) is 42.7 Å². The van der Waals surface area contributed by atoms with Crippen LogP contribution in [0, 0.1) is 3.57 Å². The molecule has 0 atom stereocenters. The Morgan fingerprint density at radius 3 is 2.69 bits per heavy atom. The molecule has 2 aromatic rings. The average Bonchev–Trinajstić information content (AvgIpc) is 2.65. The molecule has 0 unspecified atom stereocenters. The minimum absolute atomic E-state index is 0.462. The van der Waals surface area contributed by atoms with Crippen molar-refractivity contribution in [2.24, 2.45) is 0 Å². The van der Waals surface area contributed by atoms with Crippen LogP contribution in [0.4, 0.5) is 5.82 Å². The van der Waals surface area contributed by atoms with E-state index in [1.807, 2.05) is 6.20 Å². The van der Waals surface area contributed by atoms with Crippen LogP contribution in [0.1, 0.15) is 0 Å². The van der Waals surface area contributed by atoms with Gasteiger partial charge in [-0.15, -0.1) is 0 Å². The lowest BCUT2D eigenvalue weighted by Gasteiger charge is -2.07. The van der Waals surface area contributed by atoms with Gasteiger partial charge >= 0.3 is 0 Å². The molecule has 2 rings (SSSR count). The van der Waals surface area contributed by atoms with Crippen LogP contribution in [0.15, 0.2) is 18.5 Å². The molecule has 0 radical (unpaired) electrons. The third kappa shape index (κ3) is 2.26. The van der Waals surface area contributed by atoms with Gasteiger partial charge in [0.1, 0.15) is 5.82 Å². The quantitative estimate of drug-likeness (QED) is 0.827. The van der Waals surface area contributed by atoms with Gasteiger partial charge in [-0.3, -0.25) is 0 Å². The van der Waals surface area contributed by atoms with Gasteiger partial charge in [0.15, 0.2) is 5.82 Å². The molecule has 2 aromatic heterocycles. The molecule has 0 amide bonds. The zero-order chi connectivity index (χ0) is 11.7. The second kappa shape index (κ2) is 4.77. The minimum atomic E-state index is 0.462. The SMILES string of the molecule is CNc1nc(-n2cc(I)cn2)c(Cl)cc1Cl. The monoisotopic (exact) mass is 368 g/mol. The van der Waals surface area contributed by atoms with Crippen molar-refractivity contribution in [1.29, 1.82) is 0 Å². The van der Waals surface area contributed by atoms with E-state index in [2.05, 4.69) is 38.0 Å². The Labute approximate surface area is 116 Å². The molecule has 4 nitrogen and oxygen atoms in total. The summed E-state index contributed by atoms with van der Waals surface area (Å²) < 4.78 is 2.62. The molecule has 0 saturated heterocycles. The summed E-state index contributed by atoms with van der Waals surface area (Å²) in [5.41, 5.74) is 0. The largest absolute Gasteiger partial charge is 0.372 e. The lowest BCUT2D eigenvalue weighted by molar-refractivity contribution is 0.848. The van der Waals surface area contributed by atoms with E-state index in [9.17, 15) is 0 Å². The first-order valence-electron chi connectivity index (χ1n) is 4.36. The molecule has 0 saturated carbocycles. The number of halogens is 3. The zero-order valence-electron chi connectivity index (χ0n) is 8.21. The Balaban J connectivity index is 2.56. The van der Waals surface area contributed by atoms with Crippen molar-refractivity contribution in [3.63, 3.8) is 0 Å². The maximum atomic E-state index is 6.06. The third-order valence-corrected chi connectivity index (χ3v) is 3.04. The fraction of sp³-hybridized carbons (Fsp3) is 0.111. The van der Waals surface area contributed by atoms with Crippen molar-refractivity contribution >= 4 is 51.6 Å². The van der Waals surface area contributed by atoms with Gasteiger partial charge in [0.2, 0.25) is 0 Å². The predicted octanol–water partition coefficient (Wildman–Crippen LogP) is 3.22. The molecule has 16 heavy (non-hydrogen) atoms. The molecule has 7 heteroatoms. The van der Waals surface area contributed by atoms with Crippen LogP contribution >= 0.6 is 45.8 Å². The van der Waals surface area contributed by atoms with Crippen LogP contribution < -0.4 is 5.32 Å². The summed E-state index contributed by atoms with van der Waals surface area (Å²) in [7, 11) is 1.75. The Bertz CT molecular complexity index is 526. The summed E-state index contributed by atoms with van der Waals surface area (Å²) in [6.45, 7) is 0. The van der Waals surface area contributed by atoms with Crippen LogP contribution in [0.2, 0.25) is 10.0 Å². The minimum Gasteiger partial charge on any atom is -0.372 e. The average molecular weight is 369 g/mol. The molecule has 0 aliphatic rings. The van der Waals surface area contributed by atoms with E-state index in [1.54, 1.807) is 24.0 Å². The number of rotatable bonds is 2. The number of hydrogen-bond donors (Lipinski definition) is 1. The fourth-order valence-corrected chi connectivity index (χ4v) is 2.14. The van der Waals surface area contributed by atoms with Crippen molar-refractivity contribution in [3.8, 4) is 5.82 Å². The van der Waals surface area contributed by atoms with Gasteiger partial charge in [-0.25, -0.2) is 9.67 Å². The number of nitrogens with zero attached hydrogens (tertiary/aromatic N) is 3. The highest BCUT2D eigenvalue weighted by Gasteiger charge is 2.10. The third-order valence-electron chi connectivity index (χ3n) is 1.92. The highest BCUT2D eigenvalue weighted by molar-refractivity contribution is 14.1. The summed E-state index contributed by atoms with van der Waals surface area (Å²) in [6, 6.07) is 1.64. The first-order chi connectivity index (χ1) is 7.61. The fourth-order valence-electron chi connectivity index (χ4n) is 1.21. The summed E-state index contributed by atoms with van der Waals surface area (Å²) in [5.74, 6) is 1.13. The molecule has 1 N–H and O–H groups in total. The number of anilines is 1. The van der Waals surface area contributed by atoms with E-state index in [0.29, 0.717) is 21.7 Å². The zero-order valence-corrected chi connectivity index (χ0v) is 11.9. The molecule has 0 bridgehead atoms. The van der Waals surface area contributed by atoms with Crippen LogP contribution in [0.3, 0.4) is 0 Å². The van der Waals surface area contributed by atoms with E-state index in [0.717, 1.165) is 3.57 Å². The molecular weight excluding hydrogens is 362 g/mol.